The van der Waals surface area contributed by atoms with Gasteiger partial charge in [-0.1, -0.05) is 18.2 Å². The number of aromatic hydroxyl groups is 1. The lowest BCUT2D eigenvalue weighted by molar-refractivity contribution is -0.274. The second kappa shape index (κ2) is 5.95. The summed E-state index contributed by atoms with van der Waals surface area (Å²) in [4.78, 5) is 0. The van der Waals surface area contributed by atoms with Gasteiger partial charge in [-0.05, 0) is 36.2 Å². The highest BCUT2D eigenvalue weighted by Crippen LogP contribution is 2.24. The second-order valence-corrected chi connectivity index (χ2v) is 4.55. The van der Waals surface area contributed by atoms with Crippen LogP contribution >= 0.6 is 0 Å². The van der Waals surface area contributed by atoms with Crippen molar-refractivity contribution >= 4 is 5.69 Å². The van der Waals surface area contributed by atoms with Gasteiger partial charge in [0.25, 0.3) is 0 Å². The molecule has 0 spiro atoms. The maximum Gasteiger partial charge on any atom is 0.573 e. The smallest absolute Gasteiger partial charge is 0.508 e. The Labute approximate surface area is 120 Å². The molecule has 2 aromatic rings. The Morgan fingerprint density at radius 1 is 1.14 bits per heavy atom. The van der Waals surface area contributed by atoms with Gasteiger partial charge in [0.1, 0.15) is 11.5 Å². The van der Waals surface area contributed by atoms with Gasteiger partial charge in [-0.3, -0.25) is 0 Å². The van der Waals surface area contributed by atoms with Crippen LogP contribution in [0, 0.1) is 6.92 Å². The summed E-state index contributed by atoms with van der Waals surface area (Å²) in [5, 5.41) is 12.6. The first kappa shape index (κ1) is 15.0. The van der Waals surface area contributed by atoms with Crippen LogP contribution in [0.15, 0.2) is 42.5 Å². The molecule has 0 fully saturated rings. The predicted octanol–water partition coefficient (Wildman–Crippen LogP) is 4.21. The third-order valence-corrected chi connectivity index (χ3v) is 2.84. The number of halogens is 3. The van der Waals surface area contributed by atoms with E-state index in [1.807, 2.05) is 0 Å². The second-order valence-electron chi connectivity index (χ2n) is 4.55. The lowest BCUT2D eigenvalue weighted by Crippen LogP contribution is -2.17. The molecule has 0 unspecified atom stereocenters. The Morgan fingerprint density at radius 2 is 1.90 bits per heavy atom. The van der Waals surface area contributed by atoms with E-state index in [0.717, 1.165) is 5.56 Å². The molecular formula is C15H14F3NO2. The minimum atomic E-state index is -4.70. The van der Waals surface area contributed by atoms with Crippen molar-refractivity contribution in [3.8, 4) is 11.5 Å². The summed E-state index contributed by atoms with van der Waals surface area (Å²) < 4.78 is 40.3. The van der Waals surface area contributed by atoms with Crippen LogP contribution in [0.4, 0.5) is 18.9 Å². The third kappa shape index (κ3) is 4.59. The molecular weight excluding hydrogens is 283 g/mol. The monoisotopic (exact) mass is 297 g/mol. The Hall–Kier alpha value is -2.37. The Balaban J connectivity index is 2.03. The SMILES string of the molecule is Cc1ccc(NCc2cccc(OC(F)(F)F)c2)cc1O. The standard InChI is InChI=1S/C15H14F3NO2/c1-10-5-6-12(8-14(10)20)19-9-11-3-2-4-13(7-11)21-15(16,17)18/h2-8,19-20H,9H2,1H3. The van der Waals surface area contributed by atoms with Crippen molar-refractivity contribution in [2.24, 2.45) is 0 Å². The summed E-state index contributed by atoms with van der Waals surface area (Å²) in [5.41, 5.74) is 2.07. The largest absolute Gasteiger partial charge is 0.573 e. The van der Waals surface area contributed by atoms with Crippen molar-refractivity contribution in [1.82, 2.24) is 0 Å². The van der Waals surface area contributed by atoms with Crippen LogP contribution in [0.2, 0.25) is 0 Å². The van der Waals surface area contributed by atoms with E-state index < -0.39 is 6.36 Å². The van der Waals surface area contributed by atoms with Gasteiger partial charge in [0.15, 0.2) is 0 Å². The van der Waals surface area contributed by atoms with Gasteiger partial charge < -0.3 is 15.2 Å². The minimum absolute atomic E-state index is 0.161. The van der Waals surface area contributed by atoms with Crippen LogP contribution in [-0.2, 0) is 6.54 Å². The highest BCUT2D eigenvalue weighted by molar-refractivity contribution is 5.51. The zero-order valence-corrected chi connectivity index (χ0v) is 11.2. The first-order valence-corrected chi connectivity index (χ1v) is 6.22. The number of anilines is 1. The highest BCUT2D eigenvalue weighted by atomic mass is 19.4. The molecule has 0 aliphatic rings. The molecule has 0 bridgehead atoms. The molecule has 112 valence electrons. The fourth-order valence-electron chi connectivity index (χ4n) is 1.78. The lowest BCUT2D eigenvalue weighted by Gasteiger charge is -2.11. The number of hydrogen-bond donors (Lipinski definition) is 2. The average molecular weight is 297 g/mol. The van der Waals surface area contributed by atoms with E-state index in [2.05, 4.69) is 10.1 Å². The Morgan fingerprint density at radius 3 is 2.57 bits per heavy atom. The van der Waals surface area contributed by atoms with Crippen molar-refractivity contribution in [1.29, 1.82) is 0 Å². The Kier molecular flexibility index (Phi) is 4.26. The minimum Gasteiger partial charge on any atom is -0.508 e. The molecule has 0 saturated heterocycles. The van der Waals surface area contributed by atoms with Crippen LogP contribution < -0.4 is 10.1 Å². The fourth-order valence-corrected chi connectivity index (χ4v) is 1.78. The number of hydrogen-bond acceptors (Lipinski definition) is 3. The van der Waals surface area contributed by atoms with Gasteiger partial charge in [-0.2, -0.15) is 0 Å². The molecule has 0 saturated carbocycles. The van der Waals surface area contributed by atoms with Gasteiger partial charge in [-0.15, -0.1) is 13.2 Å². The number of alkyl halides is 3. The average Bonchev–Trinajstić information content (AvgIpc) is 2.39. The van der Waals surface area contributed by atoms with Crippen molar-refractivity contribution in [2.75, 3.05) is 5.32 Å². The molecule has 0 atom stereocenters. The summed E-state index contributed by atoms with van der Waals surface area (Å²) >= 11 is 0. The number of benzene rings is 2. The fraction of sp³-hybridized carbons (Fsp3) is 0.200. The van der Waals surface area contributed by atoms with Gasteiger partial charge in [0.05, 0.1) is 0 Å². The Bertz CT molecular complexity index is 627. The molecule has 0 radical (unpaired) electrons. The van der Waals surface area contributed by atoms with Gasteiger partial charge in [0, 0.05) is 18.3 Å². The maximum atomic E-state index is 12.1. The van der Waals surface area contributed by atoms with Crippen molar-refractivity contribution < 1.29 is 23.0 Å². The summed E-state index contributed by atoms with van der Waals surface area (Å²) in [6.07, 6.45) is -4.70. The van der Waals surface area contributed by atoms with Crippen LogP contribution in [-0.4, -0.2) is 11.5 Å². The number of rotatable bonds is 4. The van der Waals surface area contributed by atoms with E-state index >= 15 is 0 Å². The quantitative estimate of drug-likeness (QED) is 0.888. The molecule has 21 heavy (non-hydrogen) atoms. The van der Waals surface area contributed by atoms with Crippen LogP contribution in [0.5, 0.6) is 11.5 Å². The number of phenolic OH excluding ortho intramolecular Hbond substituents is 1. The molecule has 0 heterocycles. The number of nitrogens with one attached hydrogen (secondary N) is 1. The molecule has 6 heteroatoms. The topological polar surface area (TPSA) is 41.5 Å². The van der Waals surface area contributed by atoms with Crippen LogP contribution in [0.25, 0.3) is 0 Å². The molecule has 0 aliphatic heterocycles. The van der Waals surface area contributed by atoms with E-state index in [1.165, 1.54) is 18.2 Å². The van der Waals surface area contributed by atoms with Crippen molar-refractivity contribution in [3.05, 3.63) is 53.6 Å². The molecule has 0 amide bonds. The number of aryl methyl sites for hydroxylation is 1. The third-order valence-electron chi connectivity index (χ3n) is 2.84. The highest BCUT2D eigenvalue weighted by Gasteiger charge is 2.31. The molecule has 3 nitrogen and oxygen atoms in total. The summed E-state index contributed by atoms with van der Waals surface area (Å²) in [6, 6.07) is 10.8. The summed E-state index contributed by atoms with van der Waals surface area (Å²) in [6.45, 7) is 2.09. The lowest BCUT2D eigenvalue weighted by atomic mass is 10.2. The summed E-state index contributed by atoms with van der Waals surface area (Å²) in [7, 11) is 0. The van der Waals surface area contributed by atoms with E-state index in [0.29, 0.717) is 17.8 Å². The van der Waals surface area contributed by atoms with Gasteiger partial charge >= 0.3 is 6.36 Å². The van der Waals surface area contributed by atoms with Crippen molar-refractivity contribution in [3.63, 3.8) is 0 Å². The maximum absolute atomic E-state index is 12.1. The number of ether oxygens (including phenoxy) is 1. The molecule has 0 aliphatic carbocycles. The van der Waals surface area contributed by atoms with Crippen molar-refractivity contribution in [2.45, 2.75) is 19.8 Å². The molecule has 2 aromatic carbocycles. The van der Waals surface area contributed by atoms with E-state index in [4.69, 9.17) is 0 Å². The molecule has 0 aromatic heterocycles. The van der Waals surface area contributed by atoms with Gasteiger partial charge in [-0.25, -0.2) is 0 Å². The first-order chi connectivity index (χ1) is 9.83. The predicted molar refractivity (Wildman–Crippen MR) is 73.3 cm³/mol. The van der Waals surface area contributed by atoms with Gasteiger partial charge in [0.2, 0.25) is 0 Å². The van der Waals surface area contributed by atoms with E-state index in [1.54, 1.807) is 31.2 Å². The van der Waals surface area contributed by atoms with Crippen LogP contribution in [0.1, 0.15) is 11.1 Å². The van der Waals surface area contributed by atoms with Crippen LogP contribution in [0.3, 0.4) is 0 Å². The van der Waals surface area contributed by atoms with E-state index in [-0.39, 0.29) is 11.5 Å². The summed E-state index contributed by atoms with van der Waals surface area (Å²) in [5.74, 6) is -0.0947. The molecule has 2 N–H and O–H groups in total. The molecule has 2 rings (SSSR count). The van der Waals surface area contributed by atoms with E-state index in [9.17, 15) is 18.3 Å². The normalized spacial score (nSPS) is 11.2. The first-order valence-electron chi connectivity index (χ1n) is 6.22. The zero-order chi connectivity index (χ0) is 15.5. The number of phenols is 1. The zero-order valence-electron chi connectivity index (χ0n) is 11.2.